The average Bonchev–Trinajstić information content (AvgIpc) is 3.12. The topological polar surface area (TPSA) is 51.6 Å². The summed E-state index contributed by atoms with van der Waals surface area (Å²) in [5.41, 5.74) is 4.49. The minimum atomic E-state index is -0.455. The van der Waals surface area contributed by atoms with Crippen LogP contribution in [-0.2, 0) is 0 Å². The van der Waals surface area contributed by atoms with Crippen molar-refractivity contribution in [3.05, 3.63) is 80.9 Å². The van der Waals surface area contributed by atoms with E-state index >= 15 is 0 Å². The van der Waals surface area contributed by atoms with Gasteiger partial charge in [-0.1, -0.05) is 53.5 Å². The fourth-order valence-corrected chi connectivity index (χ4v) is 3.49. The molecule has 126 valence electrons. The summed E-state index contributed by atoms with van der Waals surface area (Å²) in [4.78, 5) is 19.8. The van der Waals surface area contributed by atoms with Crippen LogP contribution >= 0.6 is 23.2 Å². The maximum absolute atomic E-state index is 12.3. The van der Waals surface area contributed by atoms with Crippen LogP contribution in [0.15, 0.2) is 47.5 Å². The van der Waals surface area contributed by atoms with Crippen molar-refractivity contribution in [2.24, 2.45) is 4.99 Å². The van der Waals surface area contributed by atoms with Gasteiger partial charge in [0.1, 0.15) is 11.4 Å². The average molecular weight is 381 g/mol. The van der Waals surface area contributed by atoms with Crippen LogP contribution in [0, 0.1) is 13.5 Å². The molecule has 0 spiro atoms. The van der Waals surface area contributed by atoms with Crippen molar-refractivity contribution in [3.8, 4) is 11.1 Å². The minimum Gasteiger partial charge on any atom is -0.244 e. The van der Waals surface area contributed by atoms with Gasteiger partial charge < -0.3 is 0 Å². The second-order valence-corrected chi connectivity index (χ2v) is 6.59. The van der Waals surface area contributed by atoms with Crippen LogP contribution < -0.4 is 0 Å². The van der Waals surface area contributed by atoms with Gasteiger partial charge in [-0.05, 0) is 19.1 Å². The first-order valence-corrected chi connectivity index (χ1v) is 8.41. The summed E-state index contributed by atoms with van der Waals surface area (Å²) in [6, 6.07) is 11.7. The molecule has 0 fully saturated rings. The highest BCUT2D eigenvalue weighted by Gasteiger charge is 2.31. The summed E-state index contributed by atoms with van der Waals surface area (Å²) in [6.45, 7) is 8.88. The van der Waals surface area contributed by atoms with Crippen molar-refractivity contribution in [3.63, 3.8) is 0 Å². The predicted molar refractivity (Wildman–Crippen MR) is 102 cm³/mol. The zero-order valence-corrected chi connectivity index (χ0v) is 15.0. The second kappa shape index (κ2) is 6.10. The van der Waals surface area contributed by atoms with E-state index in [1.807, 2.05) is 6.92 Å². The highest BCUT2D eigenvalue weighted by molar-refractivity contribution is 6.37. The quantitative estimate of drug-likeness (QED) is 0.548. The summed E-state index contributed by atoms with van der Waals surface area (Å²) in [6.07, 6.45) is 0. The zero-order chi connectivity index (χ0) is 18.4. The Morgan fingerprint density at radius 1 is 1.12 bits per heavy atom. The molecule has 26 heavy (non-hydrogen) atoms. The summed E-state index contributed by atoms with van der Waals surface area (Å²) >= 11 is 12.4. The number of halogens is 2. The van der Waals surface area contributed by atoms with Gasteiger partial charge in [0.05, 0.1) is 17.3 Å². The van der Waals surface area contributed by atoms with Gasteiger partial charge in [0, 0.05) is 21.7 Å². The Morgan fingerprint density at radius 3 is 2.50 bits per heavy atom. The fraction of sp³-hybridized carbons (Fsp3) is 0.0526. The third kappa shape index (κ3) is 2.51. The molecular formula is C19H10Cl2N4O. The lowest BCUT2D eigenvalue weighted by molar-refractivity contribution is 0.249. The molecule has 5 nitrogen and oxygen atoms in total. The molecule has 0 bridgehead atoms. The first kappa shape index (κ1) is 16.5. The molecule has 1 amide bonds. The van der Waals surface area contributed by atoms with E-state index in [1.54, 1.807) is 42.5 Å². The molecule has 2 aromatic carbocycles. The highest BCUT2D eigenvalue weighted by Crippen LogP contribution is 2.37. The molecule has 0 aliphatic carbocycles. The van der Waals surface area contributed by atoms with E-state index in [1.165, 1.54) is 4.68 Å². The standard InChI is InChI=1S/C19H10Cl2N4O/c1-10-16(14-8-5-12(20)9-15(14)21)18-17(23-19(26)25(18)24-10)11-3-6-13(22-2)7-4-11/h3-9H,1H3. The lowest BCUT2D eigenvalue weighted by atomic mass is 9.98. The van der Waals surface area contributed by atoms with Gasteiger partial charge in [-0.3, -0.25) is 0 Å². The maximum Gasteiger partial charge on any atom is 0.369 e. The lowest BCUT2D eigenvalue weighted by Gasteiger charge is -2.08. The summed E-state index contributed by atoms with van der Waals surface area (Å²) in [5.74, 6) is 0. The summed E-state index contributed by atoms with van der Waals surface area (Å²) in [7, 11) is 0. The van der Waals surface area contributed by atoms with Crippen LogP contribution in [0.2, 0.25) is 10.0 Å². The lowest BCUT2D eigenvalue weighted by Crippen LogP contribution is -2.07. The van der Waals surface area contributed by atoms with Crippen molar-refractivity contribution < 1.29 is 4.79 Å². The third-order valence-corrected chi connectivity index (χ3v) is 4.69. The molecule has 1 aliphatic heterocycles. The smallest absolute Gasteiger partial charge is 0.244 e. The summed E-state index contributed by atoms with van der Waals surface area (Å²) < 4.78 is 1.29. The van der Waals surface area contributed by atoms with Crippen molar-refractivity contribution in [1.29, 1.82) is 0 Å². The first-order chi connectivity index (χ1) is 12.5. The van der Waals surface area contributed by atoms with Crippen molar-refractivity contribution in [2.45, 2.75) is 6.92 Å². The van der Waals surface area contributed by atoms with E-state index in [0.29, 0.717) is 32.8 Å². The number of rotatable bonds is 2. The summed E-state index contributed by atoms with van der Waals surface area (Å²) in [5, 5.41) is 5.33. The van der Waals surface area contributed by atoms with Crippen LogP contribution in [0.4, 0.5) is 10.5 Å². The number of amides is 1. The van der Waals surface area contributed by atoms with E-state index in [9.17, 15) is 4.79 Å². The van der Waals surface area contributed by atoms with Gasteiger partial charge in [-0.25, -0.2) is 9.64 Å². The van der Waals surface area contributed by atoms with Gasteiger partial charge in [-0.2, -0.15) is 14.8 Å². The Labute approximate surface area is 159 Å². The Bertz CT molecular complexity index is 1140. The molecule has 4 rings (SSSR count). The van der Waals surface area contributed by atoms with Gasteiger partial charge in [0.25, 0.3) is 0 Å². The van der Waals surface area contributed by atoms with Crippen LogP contribution in [0.1, 0.15) is 17.0 Å². The van der Waals surface area contributed by atoms with E-state index in [4.69, 9.17) is 29.8 Å². The van der Waals surface area contributed by atoms with Crippen molar-refractivity contribution in [2.75, 3.05) is 0 Å². The normalized spacial score (nSPS) is 12.7. The van der Waals surface area contributed by atoms with E-state index < -0.39 is 6.03 Å². The molecule has 0 saturated heterocycles. The minimum absolute atomic E-state index is 0.455. The number of aromatic nitrogens is 2. The van der Waals surface area contributed by atoms with Crippen molar-refractivity contribution >= 4 is 40.6 Å². The van der Waals surface area contributed by atoms with Crippen LogP contribution in [0.3, 0.4) is 0 Å². The third-order valence-electron chi connectivity index (χ3n) is 4.14. The van der Waals surface area contributed by atoms with E-state index in [0.717, 1.165) is 16.7 Å². The molecule has 2 heterocycles. The Hall–Kier alpha value is -2.94. The van der Waals surface area contributed by atoms with Gasteiger partial charge in [0.2, 0.25) is 0 Å². The molecule has 0 unspecified atom stereocenters. The molecule has 1 aliphatic rings. The molecule has 7 heteroatoms. The Morgan fingerprint density at radius 2 is 1.85 bits per heavy atom. The monoisotopic (exact) mass is 380 g/mol. The van der Waals surface area contributed by atoms with Crippen LogP contribution in [-0.4, -0.2) is 21.5 Å². The number of benzene rings is 2. The molecule has 0 N–H and O–H groups in total. The number of carbonyl (C=O) groups excluding carboxylic acids is 1. The fourth-order valence-electron chi connectivity index (χ4n) is 2.99. The molecule has 3 aromatic rings. The van der Waals surface area contributed by atoms with Crippen LogP contribution in [0.5, 0.6) is 0 Å². The Kier molecular flexibility index (Phi) is 3.87. The van der Waals surface area contributed by atoms with Gasteiger partial charge in [-0.15, -0.1) is 0 Å². The van der Waals surface area contributed by atoms with Gasteiger partial charge >= 0.3 is 6.03 Å². The number of hydrogen-bond donors (Lipinski definition) is 0. The largest absolute Gasteiger partial charge is 0.369 e. The van der Waals surface area contributed by atoms with E-state index in [-0.39, 0.29) is 0 Å². The molecule has 0 saturated carbocycles. The number of nitrogens with zero attached hydrogens (tertiary/aromatic N) is 4. The highest BCUT2D eigenvalue weighted by atomic mass is 35.5. The first-order valence-electron chi connectivity index (χ1n) is 7.66. The van der Waals surface area contributed by atoms with Gasteiger partial charge in [0.15, 0.2) is 5.69 Å². The SMILES string of the molecule is [C-]#[N+]c1ccc(C2=NC(=O)n3nc(C)c(-c4ccc(Cl)cc4Cl)c32)cc1. The molecule has 0 radical (unpaired) electrons. The number of aliphatic imine (C=N–C) groups is 1. The number of aryl methyl sites for hydroxylation is 1. The molecule has 1 aromatic heterocycles. The predicted octanol–water partition coefficient (Wildman–Crippen LogP) is 5.54. The number of carbonyl (C=O) groups is 1. The zero-order valence-electron chi connectivity index (χ0n) is 13.5. The number of fused-ring (bicyclic) bond motifs is 1. The van der Waals surface area contributed by atoms with E-state index in [2.05, 4.69) is 14.9 Å². The number of hydrogen-bond acceptors (Lipinski definition) is 2. The Balaban J connectivity index is 1.93. The maximum atomic E-state index is 12.3. The molecular weight excluding hydrogens is 371 g/mol. The van der Waals surface area contributed by atoms with Crippen LogP contribution in [0.25, 0.3) is 16.0 Å². The van der Waals surface area contributed by atoms with Crippen molar-refractivity contribution in [1.82, 2.24) is 9.78 Å². The second-order valence-electron chi connectivity index (χ2n) is 5.75. The molecule has 0 atom stereocenters.